The Hall–Kier alpha value is -4.08. The first kappa shape index (κ1) is 25.5. The second kappa shape index (κ2) is 10.9. The van der Waals surface area contributed by atoms with Gasteiger partial charge in [0.1, 0.15) is 11.5 Å². The lowest BCUT2D eigenvalue weighted by Gasteiger charge is -2.22. The van der Waals surface area contributed by atoms with Crippen molar-refractivity contribution in [1.82, 2.24) is 19.6 Å². The highest BCUT2D eigenvalue weighted by molar-refractivity contribution is 6.38. The smallest absolute Gasteiger partial charge is 0.300 e. The number of aromatic hydroxyl groups is 1. The van der Waals surface area contributed by atoms with Crippen molar-refractivity contribution in [2.24, 2.45) is 0 Å². The summed E-state index contributed by atoms with van der Waals surface area (Å²) < 4.78 is 14.1. The third-order valence-corrected chi connectivity index (χ3v) is 5.80. The molecule has 2 aromatic heterocycles. The van der Waals surface area contributed by atoms with E-state index in [1.165, 1.54) is 41.4 Å². The van der Waals surface area contributed by atoms with E-state index in [-0.39, 0.29) is 18.6 Å². The Bertz CT molecular complexity index is 1320. The van der Waals surface area contributed by atoms with Crippen LogP contribution >= 0.6 is 0 Å². The maximum Gasteiger partial charge on any atom is 0.300 e. The van der Waals surface area contributed by atoms with E-state index in [0.29, 0.717) is 24.2 Å². The van der Waals surface area contributed by atoms with Crippen molar-refractivity contribution in [3.05, 3.63) is 75.6 Å². The second-order valence-electron chi connectivity index (χ2n) is 7.88. The number of halogens is 1. The summed E-state index contributed by atoms with van der Waals surface area (Å²) in [4.78, 5) is 57.0. The van der Waals surface area contributed by atoms with Crippen molar-refractivity contribution < 1.29 is 23.9 Å². The number of fused-ring (bicyclic) bond motifs is 1. The number of rotatable bonds is 9. The Labute approximate surface area is 201 Å². The van der Waals surface area contributed by atoms with Gasteiger partial charge in [0.05, 0.1) is 5.92 Å². The highest BCUT2D eigenvalue weighted by Crippen LogP contribution is 2.26. The summed E-state index contributed by atoms with van der Waals surface area (Å²) >= 11 is 0. The SMILES string of the molecule is CCC(C(=O)C(=O)N(CC)CC)c1cccn2c(=O)c(O)c(C(=O)NCc3ccc(F)cc3)nc12. The Morgan fingerprint density at radius 2 is 1.77 bits per heavy atom. The van der Waals surface area contributed by atoms with Crippen molar-refractivity contribution in [2.45, 2.75) is 39.7 Å². The molecule has 1 aromatic carbocycles. The van der Waals surface area contributed by atoms with Crippen molar-refractivity contribution in [3.63, 3.8) is 0 Å². The van der Waals surface area contributed by atoms with Crippen LogP contribution in [0.5, 0.6) is 5.75 Å². The molecule has 3 rings (SSSR count). The van der Waals surface area contributed by atoms with Crippen LogP contribution in [0.3, 0.4) is 0 Å². The number of aromatic nitrogens is 2. The summed E-state index contributed by atoms with van der Waals surface area (Å²) in [6.45, 7) is 6.03. The number of pyridine rings is 1. The number of nitrogens with zero attached hydrogens (tertiary/aromatic N) is 3. The molecule has 1 atom stereocenters. The monoisotopic (exact) mass is 482 g/mol. The lowest BCUT2D eigenvalue weighted by Crippen LogP contribution is -2.39. The lowest BCUT2D eigenvalue weighted by atomic mass is 9.92. The van der Waals surface area contributed by atoms with Crippen LogP contribution in [-0.2, 0) is 16.1 Å². The first-order chi connectivity index (χ1) is 16.7. The highest BCUT2D eigenvalue weighted by atomic mass is 19.1. The van der Waals surface area contributed by atoms with Crippen LogP contribution < -0.4 is 10.9 Å². The number of Topliss-reactive ketones (excluding diaryl/α,β-unsaturated/α-hetero) is 1. The number of nitrogens with one attached hydrogen (secondary N) is 1. The van der Waals surface area contributed by atoms with Gasteiger partial charge in [0.25, 0.3) is 11.8 Å². The largest absolute Gasteiger partial charge is 0.501 e. The number of carbonyl (C=O) groups is 3. The molecule has 2 N–H and O–H groups in total. The molecule has 0 aliphatic heterocycles. The van der Waals surface area contributed by atoms with E-state index >= 15 is 0 Å². The average Bonchev–Trinajstić information content (AvgIpc) is 2.86. The van der Waals surface area contributed by atoms with Gasteiger partial charge in [-0.15, -0.1) is 0 Å². The molecular formula is C25H27FN4O5. The molecule has 9 nitrogen and oxygen atoms in total. The fourth-order valence-corrected chi connectivity index (χ4v) is 3.83. The fourth-order valence-electron chi connectivity index (χ4n) is 3.83. The zero-order valence-corrected chi connectivity index (χ0v) is 19.7. The van der Waals surface area contributed by atoms with Crippen molar-refractivity contribution in [3.8, 4) is 5.75 Å². The Morgan fingerprint density at radius 1 is 1.11 bits per heavy atom. The summed E-state index contributed by atoms with van der Waals surface area (Å²) in [5, 5.41) is 12.9. The van der Waals surface area contributed by atoms with Crippen LogP contribution in [0, 0.1) is 5.82 Å². The van der Waals surface area contributed by atoms with Crippen LogP contribution in [-0.4, -0.2) is 50.1 Å². The molecule has 0 radical (unpaired) electrons. The van der Waals surface area contributed by atoms with Gasteiger partial charge >= 0.3 is 5.56 Å². The summed E-state index contributed by atoms with van der Waals surface area (Å²) in [6, 6.07) is 8.54. The van der Waals surface area contributed by atoms with Crippen LogP contribution in [0.25, 0.3) is 5.65 Å². The van der Waals surface area contributed by atoms with Crippen LogP contribution in [0.4, 0.5) is 4.39 Å². The predicted molar refractivity (Wildman–Crippen MR) is 127 cm³/mol. The van der Waals surface area contributed by atoms with Gasteiger partial charge < -0.3 is 15.3 Å². The minimum absolute atomic E-state index is 0.00483. The predicted octanol–water partition coefficient (Wildman–Crippen LogP) is 2.40. The van der Waals surface area contributed by atoms with Crippen molar-refractivity contribution >= 4 is 23.2 Å². The molecule has 0 saturated heterocycles. The van der Waals surface area contributed by atoms with Crippen LogP contribution in [0.2, 0.25) is 0 Å². The zero-order chi connectivity index (χ0) is 25.7. The summed E-state index contributed by atoms with van der Waals surface area (Å²) in [7, 11) is 0. The molecule has 0 aliphatic rings. The standard InChI is InChI=1S/C25H27FN4O5/c1-4-17(20(31)24(34)29(5-2)6-3)18-8-7-13-30-22(18)28-19(21(32)25(30)35)23(33)27-14-15-9-11-16(26)12-10-15/h7-13,17,32H,4-6,14H2,1-3H3,(H,27,33). The summed E-state index contributed by atoms with van der Waals surface area (Å²) in [6.07, 6.45) is 1.62. The molecule has 3 aromatic rings. The van der Waals surface area contributed by atoms with Gasteiger partial charge in [-0.2, -0.15) is 0 Å². The van der Waals surface area contributed by atoms with E-state index in [4.69, 9.17) is 0 Å². The minimum atomic E-state index is -0.897. The molecule has 184 valence electrons. The van der Waals surface area contributed by atoms with Crippen molar-refractivity contribution in [1.29, 1.82) is 0 Å². The van der Waals surface area contributed by atoms with E-state index in [9.17, 15) is 28.7 Å². The highest BCUT2D eigenvalue weighted by Gasteiger charge is 2.31. The molecule has 0 aliphatic carbocycles. The molecule has 0 spiro atoms. The molecular weight excluding hydrogens is 455 g/mol. The topological polar surface area (TPSA) is 121 Å². The fraction of sp³-hybridized carbons (Fsp3) is 0.320. The van der Waals surface area contributed by atoms with E-state index < -0.39 is 46.3 Å². The Morgan fingerprint density at radius 3 is 2.37 bits per heavy atom. The van der Waals surface area contributed by atoms with E-state index in [1.807, 2.05) is 0 Å². The molecule has 10 heteroatoms. The maximum atomic E-state index is 13.1. The summed E-state index contributed by atoms with van der Waals surface area (Å²) in [5.41, 5.74) is -0.507. The normalized spacial score (nSPS) is 11.8. The third-order valence-electron chi connectivity index (χ3n) is 5.80. The Balaban J connectivity index is 2.02. The quantitative estimate of drug-likeness (QED) is 0.452. The van der Waals surface area contributed by atoms with Crippen LogP contribution in [0.1, 0.15) is 54.7 Å². The molecule has 35 heavy (non-hydrogen) atoms. The van der Waals surface area contributed by atoms with Gasteiger partial charge in [-0.05, 0) is 44.0 Å². The van der Waals surface area contributed by atoms with Gasteiger partial charge in [-0.1, -0.05) is 25.1 Å². The van der Waals surface area contributed by atoms with Crippen LogP contribution in [0.15, 0.2) is 47.4 Å². The minimum Gasteiger partial charge on any atom is -0.501 e. The van der Waals surface area contributed by atoms with Gasteiger partial charge in [0.15, 0.2) is 5.69 Å². The van der Waals surface area contributed by atoms with Crippen molar-refractivity contribution in [2.75, 3.05) is 13.1 Å². The lowest BCUT2D eigenvalue weighted by molar-refractivity contribution is -0.145. The first-order valence-corrected chi connectivity index (χ1v) is 11.3. The molecule has 2 amide bonds. The number of hydrogen-bond acceptors (Lipinski definition) is 6. The van der Waals surface area contributed by atoms with E-state index in [2.05, 4.69) is 10.3 Å². The van der Waals surface area contributed by atoms with E-state index in [1.54, 1.807) is 26.8 Å². The number of likely N-dealkylation sites (N-methyl/N-ethyl adjacent to an activating group) is 1. The number of ketones is 1. The molecule has 0 bridgehead atoms. The molecule has 2 heterocycles. The maximum absolute atomic E-state index is 13.1. The van der Waals surface area contributed by atoms with Gasteiger partial charge in [0.2, 0.25) is 11.5 Å². The number of hydrogen-bond donors (Lipinski definition) is 2. The zero-order valence-electron chi connectivity index (χ0n) is 19.7. The number of benzene rings is 1. The number of carbonyl (C=O) groups excluding carboxylic acids is 3. The van der Waals surface area contributed by atoms with Gasteiger partial charge in [-0.3, -0.25) is 23.6 Å². The average molecular weight is 483 g/mol. The third kappa shape index (κ3) is 5.21. The Kier molecular flexibility index (Phi) is 7.95. The molecule has 0 fully saturated rings. The first-order valence-electron chi connectivity index (χ1n) is 11.3. The van der Waals surface area contributed by atoms with Gasteiger partial charge in [-0.25, -0.2) is 9.37 Å². The second-order valence-corrected chi connectivity index (χ2v) is 7.88. The van der Waals surface area contributed by atoms with E-state index in [0.717, 1.165) is 4.40 Å². The molecule has 1 unspecified atom stereocenters. The molecule has 0 saturated carbocycles. The number of amides is 2. The van der Waals surface area contributed by atoms with Gasteiger partial charge in [0, 0.05) is 31.4 Å². The summed E-state index contributed by atoms with van der Waals surface area (Å²) in [5.74, 6) is -4.27.